The van der Waals surface area contributed by atoms with E-state index in [2.05, 4.69) is 5.32 Å². The molecule has 0 saturated carbocycles. The lowest BCUT2D eigenvalue weighted by Gasteiger charge is -2.10. The maximum absolute atomic E-state index is 12.5. The second kappa shape index (κ2) is 10.2. The van der Waals surface area contributed by atoms with Gasteiger partial charge in [-0.1, -0.05) is 42.5 Å². The van der Waals surface area contributed by atoms with Crippen molar-refractivity contribution in [2.75, 3.05) is 5.32 Å². The van der Waals surface area contributed by atoms with E-state index >= 15 is 0 Å². The van der Waals surface area contributed by atoms with Gasteiger partial charge in [-0.2, -0.15) is 0 Å². The summed E-state index contributed by atoms with van der Waals surface area (Å²) in [6.45, 7) is 0.488. The number of aromatic carboxylic acids is 1. The zero-order chi connectivity index (χ0) is 23.0. The molecule has 0 spiro atoms. The van der Waals surface area contributed by atoms with Gasteiger partial charge in [-0.25, -0.2) is 4.79 Å². The van der Waals surface area contributed by atoms with E-state index in [1.807, 2.05) is 54.6 Å². The Morgan fingerprint density at radius 1 is 0.697 bits per heavy atom. The molecule has 1 amide bonds. The Kier molecular flexibility index (Phi) is 6.66. The fourth-order valence-corrected chi connectivity index (χ4v) is 3.13. The van der Waals surface area contributed by atoms with Gasteiger partial charge in [0.2, 0.25) is 0 Å². The average Bonchev–Trinajstić information content (AvgIpc) is 2.85. The molecular weight excluding hydrogens is 418 g/mol. The molecule has 6 heteroatoms. The summed E-state index contributed by atoms with van der Waals surface area (Å²) in [6, 6.07) is 30.0. The van der Waals surface area contributed by atoms with Crippen LogP contribution in [-0.4, -0.2) is 17.0 Å². The molecule has 0 radical (unpaired) electrons. The summed E-state index contributed by atoms with van der Waals surface area (Å²) in [6.07, 6.45) is 0. The number of ether oxygens (including phenoxy) is 2. The number of nitrogens with one attached hydrogen (secondary N) is 1. The molecule has 0 heterocycles. The van der Waals surface area contributed by atoms with E-state index in [0.29, 0.717) is 23.7 Å². The van der Waals surface area contributed by atoms with Crippen LogP contribution in [0.2, 0.25) is 0 Å². The summed E-state index contributed by atoms with van der Waals surface area (Å²) >= 11 is 0. The van der Waals surface area contributed by atoms with E-state index in [1.165, 1.54) is 6.07 Å². The lowest BCUT2D eigenvalue weighted by atomic mass is 10.1. The van der Waals surface area contributed by atoms with Gasteiger partial charge in [-0.15, -0.1) is 0 Å². The monoisotopic (exact) mass is 439 g/mol. The van der Waals surface area contributed by atoms with Crippen molar-refractivity contribution in [3.8, 4) is 17.2 Å². The van der Waals surface area contributed by atoms with Crippen molar-refractivity contribution in [2.24, 2.45) is 0 Å². The lowest BCUT2D eigenvalue weighted by molar-refractivity contribution is 0.0698. The molecule has 0 unspecified atom stereocenters. The van der Waals surface area contributed by atoms with Crippen molar-refractivity contribution in [3.05, 3.63) is 120 Å². The third-order valence-electron chi connectivity index (χ3n) is 4.83. The molecule has 4 aromatic carbocycles. The van der Waals surface area contributed by atoms with Gasteiger partial charge in [0.25, 0.3) is 5.91 Å². The van der Waals surface area contributed by atoms with Gasteiger partial charge >= 0.3 is 5.97 Å². The molecule has 164 valence electrons. The second-order valence-corrected chi connectivity index (χ2v) is 7.18. The van der Waals surface area contributed by atoms with Crippen molar-refractivity contribution < 1.29 is 24.2 Å². The normalized spacial score (nSPS) is 10.3. The summed E-state index contributed by atoms with van der Waals surface area (Å²) in [5.74, 6) is 0.422. The minimum Gasteiger partial charge on any atom is -0.489 e. The van der Waals surface area contributed by atoms with Gasteiger partial charge in [0.1, 0.15) is 23.9 Å². The predicted octanol–water partition coefficient (Wildman–Crippen LogP) is 6.01. The topological polar surface area (TPSA) is 84.9 Å². The van der Waals surface area contributed by atoms with Crippen LogP contribution in [0.4, 0.5) is 5.69 Å². The third kappa shape index (κ3) is 5.77. The summed E-state index contributed by atoms with van der Waals surface area (Å²) in [5.41, 5.74) is 1.74. The Morgan fingerprint density at radius 2 is 1.27 bits per heavy atom. The maximum atomic E-state index is 12.5. The number of para-hydroxylation sites is 1. The molecule has 0 aliphatic heterocycles. The molecule has 4 aromatic rings. The van der Waals surface area contributed by atoms with E-state index in [-0.39, 0.29) is 11.3 Å². The lowest BCUT2D eigenvalue weighted by Crippen LogP contribution is -2.14. The largest absolute Gasteiger partial charge is 0.489 e. The van der Waals surface area contributed by atoms with Crippen LogP contribution in [0.15, 0.2) is 103 Å². The number of hydrogen-bond acceptors (Lipinski definition) is 4. The quantitative estimate of drug-likeness (QED) is 0.351. The second-order valence-electron chi connectivity index (χ2n) is 7.18. The van der Waals surface area contributed by atoms with Crippen molar-refractivity contribution in [1.29, 1.82) is 0 Å². The van der Waals surface area contributed by atoms with Crippen molar-refractivity contribution in [2.45, 2.75) is 6.61 Å². The first-order chi connectivity index (χ1) is 16.1. The number of carbonyl (C=O) groups excluding carboxylic acids is 1. The van der Waals surface area contributed by atoms with Crippen LogP contribution < -0.4 is 14.8 Å². The van der Waals surface area contributed by atoms with Crippen LogP contribution in [0.1, 0.15) is 26.3 Å². The number of carboxylic acid groups (broad SMARTS) is 1. The van der Waals surface area contributed by atoms with Crippen LogP contribution in [0, 0.1) is 0 Å². The van der Waals surface area contributed by atoms with Gasteiger partial charge < -0.3 is 19.9 Å². The van der Waals surface area contributed by atoms with Gasteiger partial charge in [0.15, 0.2) is 0 Å². The molecule has 2 N–H and O–H groups in total. The molecule has 4 rings (SSSR count). The number of carbonyl (C=O) groups is 2. The first kappa shape index (κ1) is 21.6. The van der Waals surface area contributed by atoms with Gasteiger partial charge in [0, 0.05) is 5.56 Å². The Labute approximate surface area is 191 Å². The molecule has 0 saturated heterocycles. The Hall–Kier alpha value is -4.58. The highest BCUT2D eigenvalue weighted by Crippen LogP contribution is 2.25. The number of benzene rings is 4. The molecule has 0 aliphatic rings. The highest BCUT2D eigenvalue weighted by molar-refractivity contribution is 6.07. The summed E-state index contributed by atoms with van der Waals surface area (Å²) in [5, 5.41) is 11.9. The highest BCUT2D eigenvalue weighted by Gasteiger charge is 2.13. The fraction of sp³-hybridized carbons (Fsp3) is 0.0370. The maximum Gasteiger partial charge on any atom is 0.337 e. The van der Waals surface area contributed by atoms with Crippen LogP contribution >= 0.6 is 0 Å². The summed E-state index contributed by atoms with van der Waals surface area (Å²) in [4.78, 5) is 23.8. The molecule has 33 heavy (non-hydrogen) atoms. The van der Waals surface area contributed by atoms with Crippen LogP contribution in [0.25, 0.3) is 0 Å². The number of carboxylic acids is 1. The van der Waals surface area contributed by atoms with E-state index in [0.717, 1.165) is 11.3 Å². The fourth-order valence-electron chi connectivity index (χ4n) is 3.13. The minimum absolute atomic E-state index is 0.0296. The summed E-state index contributed by atoms with van der Waals surface area (Å²) in [7, 11) is 0. The van der Waals surface area contributed by atoms with Gasteiger partial charge in [0.05, 0.1) is 11.3 Å². The Bertz CT molecular complexity index is 1240. The molecular formula is C27H21NO5. The first-order valence-corrected chi connectivity index (χ1v) is 10.3. The number of anilines is 1. The van der Waals surface area contributed by atoms with E-state index in [4.69, 9.17) is 9.47 Å². The predicted molar refractivity (Wildman–Crippen MR) is 125 cm³/mol. The van der Waals surface area contributed by atoms with Crippen LogP contribution in [-0.2, 0) is 6.61 Å². The van der Waals surface area contributed by atoms with E-state index < -0.39 is 11.9 Å². The number of amides is 1. The zero-order valence-corrected chi connectivity index (χ0v) is 17.6. The first-order valence-electron chi connectivity index (χ1n) is 10.3. The van der Waals surface area contributed by atoms with Gasteiger partial charge in [-0.3, -0.25) is 4.79 Å². The van der Waals surface area contributed by atoms with Crippen molar-refractivity contribution >= 4 is 17.6 Å². The molecule has 0 aliphatic carbocycles. The minimum atomic E-state index is -1.11. The number of hydrogen-bond donors (Lipinski definition) is 2. The van der Waals surface area contributed by atoms with E-state index in [1.54, 1.807) is 42.5 Å². The Balaban J connectivity index is 1.34. The third-order valence-corrected chi connectivity index (χ3v) is 4.83. The number of rotatable bonds is 8. The molecule has 0 atom stereocenters. The molecule has 0 aromatic heterocycles. The van der Waals surface area contributed by atoms with Crippen molar-refractivity contribution in [1.82, 2.24) is 0 Å². The average molecular weight is 439 g/mol. The highest BCUT2D eigenvalue weighted by atomic mass is 16.5. The Morgan fingerprint density at radius 3 is 1.94 bits per heavy atom. The van der Waals surface area contributed by atoms with Crippen LogP contribution in [0.5, 0.6) is 17.2 Å². The van der Waals surface area contributed by atoms with E-state index in [9.17, 15) is 14.7 Å². The van der Waals surface area contributed by atoms with Gasteiger partial charge in [-0.05, 0) is 66.2 Å². The molecule has 0 bridgehead atoms. The SMILES string of the molecule is O=C(Nc1ccccc1C(=O)O)c1ccc(Oc2ccc(OCc3ccccc3)cc2)cc1. The van der Waals surface area contributed by atoms with Crippen LogP contribution in [0.3, 0.4) is 0 Å². The van der Waals surface area contributed by atoms with Crippen molar-refractivity contribution in [3.63, 3.8) is 0 Å². The standard InChI is InChI=1S/C27H21NO5/c29-26(28-25-9-5-4-8-24(25)27(30)31)20-10-12-22(13-11-20)33-23-16-14-21(15-17-23)32-18-19-6-2-1-3-7-19/h1-17H,18H2,(H,28,29)(H,30,31). The zero-order valence-electron chi connectivity index (χ0n) is 17.6. The molecule has 0 fully saturated rings. The molecule has 6 nitrogen and oxygen atoms in total. The summed E-state index contributed by atoms with van der Waals surface area (Å²) < 4.78 is 11.6. The smallest absolute Gasteiger partial charge is 0.337 e.